The normalized spacial score (nSPS) is 11.3. The number of methoxy groups -OCH3 is 1. The van der Waals surface area contributed by atoms with Gasteiger partial charge in [-0.05, 0) is 17.7 Å². The number of rotatable bonds is 8. The van der Waals surface area contributed by atoms with Gasteiger partial charge in [0.05, 0.1) is 24.0 Å². The third-order valence-electron chi connectivity index (χ3n) is 2.70. The quantitative estimate of drug-likeness (QED) is 0.748. The Morgan fingerprint density at radius 3 is 2.48 bits per heavy atom. The molecular formula is C13H16N2O5S. The minimum Gasteiger partial charge on any atom is -0.480 e. The molecule has 0 unspecified atom stereocenters. The van der Waals surface area contributed by atoms with Crippen LogP contribution in [-0.2, 0) is 26.0 Å². The van der Waals surface area contributed by atoms with Gasteiger partial charge >= 0.3 is 5.97 Å². The lowest BCUT2D eigenvalue weighted by molar-refractivity contribution is -0.137. The molecule has 21 heavy (non-hydrogen) atoms. The van der Waals surface area contributed by atoms with Crippen LogP contribution in [0.5, 0.6) is 0 Å². The molecule has 1 aromatic rings. The highest BCUT2D eigenvalue weighted by atomic mass is 32.2. The van der Waals surface area contributed by atoms with Gasteiger partial charge in [0.2, 0.25) is 10.0 Å². The summed E-state index contributed by atoms with van der Waals surface area (Å²) in [6.45, 7) is -0.588. The molecule has 1 aromatic carbocycles. The van der Waals surface area contributed by atoms with Crippen molar-refractivity contribution in [3.8, 4) is 6.07 Å². The van der Waals surface area contributed by atoms with E-state index in [0.29, 0.717) is 5.56 Å². The first-order valence-corrected chi connectivity index (χ1v) is 7.52. The highest BCUT2D eigenvalue weighted by molar-refractivity contribution is 7.89. The van der Waals surface area contributed by atoms with Gasteiger partial charge in [-0.2, -0.15) is 9.57 Å². The Kier molecular flexibility index (Phi) is 6.30. The van der Waals surface area contributed by atoms with Crippen molar-refractivity contribution in [1.29, 1.82) is 5.26 Å². The number of hydrogen-bond acceptors (Lipinski definition) is 5. The van der Waals surface area contributed by atoms with Gasteiger partial charge in [0, 0.05) is 13.7 Å². The van der Waals surface area contributed by atoms with E-state index in [1.165, 1.54) is 31.4 Å². The van der Waals surface area contributed by atoms with Crippen molar-refractivity contribution < 1.29 is 23.1 Å². The number of benzene rings is 1. The van der Waals surface area contributed by atoms with E-state index in [0.717, 1.165) is 4.31 Å². The molecule has 8 heteroatoms. The van der Waals surface area contributed by atoms with Crippen molar-refractivity contribution in [2.24, 2.45) is 0 Å². The zero-order valence-electron chi connectivity index (χ0n) is 11.5. The summed E-state index contributed by atoms with van der Waals surface area (Å²) < 4.78 is 30.4. The average Bonchev–Trinajstić information content (AvgIpc) is 2.44. The molecule has 0 aromatic heterocycles. The molecule has 0 spiro atoms. The first kappa shape index (κ1) is 17.1. The molecule has 0 atom stereocenters. The Balaban J connectivity index is 3.03. The molecule has 0 fully saturated rings. The smallest absolute Gasteiger partial charge is 0.318 e. The number of ether oxygens (including phenoxy) is 1. The maximum absolute atomic E-state index is 12.4. The van der Waals surface area contributed by atoms with Crippen molar-refractivity contribution >= 4 is 16.0 Å². The third-order valence-corrected chi connectivity index (χ3v) is 4.56. The van der Waals surface area contributed by atoms with Crippen LogP contribution in [0.1, 0.15) is 5.56 Å². The number of carboxylic acid groups (broad SMARTS) is 1. The van der Waals surface area contributed by atoms with E-state index in [2.05, 4.69) is 0 Å². The molecule has 114 valence electrons. The van der Waals surface area contributed by atoms with E-state index < -0.39 is 22.5 Å². The summed E-state index contributed by atoms with van der Waals surface area (Å²) >= 11 is 0. The fraction of sp³-hybridized carbons (Fsp3) is 0.385. The van der Waals surface area contributed by atoms with Crippen molar-refractivity contribution in [3.63, 3.8) is 0 Å². The SMILES string of the molecule is COCCN(CC(=O)O)S(=O)(=O)c1ccc(CC#N)cc1. The van der Waals surface area contributed by atoms with E-state index in [4.69, 9.17) is 15.1 Å². The highest BCUT2D eigenvalue weighted by Crippen LogP contribution is 2.16. The van der Waals surface area contributed by atoms with Gasteiger partial charge in [0.25, 0.3) is 0 Å². The Hall–Kier alpha value is -1.95. The second kappa shape index (κ2) is 7.73. The number of carbonyl (C=O) groups is 1. The number of hydrogen-bond donors (Lipinski definition) is 1. The Morgan fingerprint density at radius 1 is 1.38 bits per heavy atom. The first-order chi connectivity index (χ1) is 9.91. The molecule has 0 bridgehead atoms. The monoisotopic (exact) mass is 312 g/mol. The molecule has 0 aliphatic carbocycles. The maximum atomic E-state index is 12.4. The van der Waals surface area contributed by atoms with Crippen molar-refractivity contribution in [1.82, 2.24) is 4.31 Å². The second-order valence-corrected chi connectivity index (χ2v) is 6.14. The van der Waals surface area contributed by atoms with Crippen LogP contribution in [0.2, 0.25) is 0 Å². The molecule has 0 saturated carbocycles. The third kappa shape index (κ3) is 4.82. The van der Waals surface area contributed by atoms with Gasteiger partial charge in [-0.3, -0.25) is 4.79 Å². The number of nitrogens with zero attached hydrogens (tertiary/aromatic N) is 2. The summed E-state index contributed by atoms with van der Waals surface area (Å²) in [4.78, 5) is 10.8. The van der Waals surface area contributed by atoms with Gasteiger partial charge < -0.3 is 9.84 Å². The van der Waals surface area contributed by atoms with Crippen molar-refractivity contribution in [3.05, 3.63) is 29.8 Å². The average molecular weight is 312 g/mol. The first-order valence-electron chi connectivity index (χ1n) is 6.08. The van der Waals surface area contributed by atoms with Crippen LogP contribution in [-0.4, -0.2) is 50.6 Å². The predicted molar refractivity (Wildman–Crippen MR) is 74.0 cm³/mol. The standard InChI is InChI=1S/C13H16N2O5S/c1-20-9-8-15(10-13(16)17)21(18,19)12-4-2-11(3-5-12)6-7-14/h2-5H,6,8-10H2,1H3,(H,16,17). The van der Waals surface area contributed by atoms with E-state index in [1.807, 2.05) is 6.07 Å². The number of carboxylic acids is 1. The molecule has 0 saturated heterocycles. The lowest BCUT2D eigenvalue weighted by Crippen LogP contribution is -2.37. The number of aliphatic carboxylic acids is 1. The summed E-state index contributed by atoms with van der Waals surface area (Å²) in [6, 6.07) is 7.76. The van der Waals surface area contributed by atoms with Gasteiger partial charge in [0.15, 0.2) is 0 Å². The van der Waals surface area contributed by atoms with Gasteiger partial charge in [-0.1, -0.05) is 12.1 Å². The minimum atomic E-state index is -3.91. The summed E-state index contributed by atoms with van der Waals surface area (Å²) in [6.07, 6.45) is 0.183. The molecule has 0 aliphatic rings. The van der Waals surface area contributed by atoms with Crippen LogP contribution >= 0.6 is 0 Å². The van der Waals surface area contributed by atoms with Crippen LogP contribution in [0.15, 0.2) is 29.2 Å². The Labute approximate surface area is 123 Å². The molecule has 0 amide bonds. The molecule has 1 N–H and O–H groups in total. The molecule has 0 radical (unpaired) electrons. The molecule has 1 rings (SSSR count). The van der Waals surface area contributed by atoms with Gasteiger partial charge in [-0.25, -0.2) is 8.42 Å². The molecular weight excluding hydrogens is 296 g/mol. The zero-order chi connectivity index (χ0) is 15.9. The highest BCUT2D eigenvalue weighted by Gasteiger charge is 2.26. The Bertz CT molecular complexity index is 619. The molecule has 7 nitrogen and oxygen atoms in total. The van der Waals surface area contributed by atoms with Crippen molar-refractivity contribution in [2.45, 2.75) is 11.3 Å². The van der Waals surface area contributed by atoms with E-state index in [9.17, 15) is 13.2 Å². The Morgan fingerprint density at radius 2 is 2.00 bits per heavy atom. The molecule has 0 heterocycles. The summed E-state index contributed by atoms with van der Waals surface area (Å²) in [5.74, 6) is -1.24. The minimum absolute atomic E-state index is 0.0125. The number of nitriles is 1. The van der Waals surface area contributed by atoms with Crippen molar-refractivity contribution in [2.75, 3.05) is 26.8 Å². The summed E-state index contributed by atoms with van der Waals surface area (Å²) in [5.41, 5.74) is 0.693. The van der Waals surface area contributed by atoms with Crippen LogP contribution in [0.25, 0.3) is 0 Å². The lowest BCUT2D eigenvalue weighted by Gasteiger charge is -2.20. The second-order valence-electron chi connectivity index (χ2n) is 4.20. The van der Waals surface area contributed by atoms with Gasteiger partial charge in [0.1, 0.15) is 6.54 Å². The summed E-state index contributed by atoms with van der Waals surface area (Å²) in [5, 5.41) is 17.4. The van der Waals surface area contributed by atoms with Gasteiger partial charge in [-0.15, -0.1) is 0 Å². The maximum Gasteiger partial charge on any atom is 0.318 e. The zero-order valence-corrected chi connectivity index (χ0v) is 12.3. The predicted octanol–water partition coefficient (Wildman–Crippen LogP) is 0.474. The fourth-order valence-electron chi connectivity index (χ4n) is 1.65. The summed E-state index contributed by atoms with van der Waals surface area (Å²) in [7, 11) is -2.51. The lowest BCUT2D eigenvalue weighted by atomic mass is 10.2. The molecule has 0 aliphatic heterocycles. The fourth-order valence-corrected chi connectivity index (χ4v) is 3.02. The van der Waals surface area contributed by atoms with E-state index in [-0.39, 0.29) is 24.5 Å². The van der Waals surface area contributed by atoms with Crippen LogP contribution < -0.4 is 0 Å². The topological polar surface area (TPSA) is 108 Å². The van der Waals surface area contributed by atoms with E-state index in [1.54, 1.807) is 0 Å². The number of sulfonamides is 1. The largest absolute Gasteiger partial charge is 0.480 e. The van der Waals surface area contributed by atoms with Crippen LogP contribution in [0.4, 0.5) is 0 Å². The van der Waals surface area contributed by atoms with Crippen LogP contribution in [0.3, 0.4) is 0 Å². The van der Waals surface area contributed by atoms with Crippen LogP contribution in [0, 0.1) is 11.3 Å². The van der Waals surface area contributed by atoms with E-state index >= 15 is 0 Å².